The first-order valence-electron chi connectivity index (χ1n) is 37.0. The molecule has 113 heavy (non-hydrogen) atoms. The number of ether oxygens (including phenoxy) is 7. The summed E-state index contributed by atoms with van der Waals surface area (Å²) in [5.74, 6) is 5.99. The van der Waals surface area contributed by atoms with Crippen molar-refractivity contribution in [1.82, 2.24) is 80.7 Å². The van der Waals surface area contributed by atoms with Crippen LogP contribution in [-0.4, -0.2) is 164 Å². The number of methoxy groups -OCH3 is 3. The molecule has 5 aromatic carbocycles. The highest BCUT2D eigenvalue weighted by Crippen LogP contribution is 2.42. The van der Waals surface area contributed by atoms with Gasteiger partial charge in [0.15, 0.2) is 11.5 Å². The molecule has 2 aliphatic rings. The SMILES string of the molecule is CNC(=O)c1ccc(Cc2nc(OC3CCC3)c3c(-c4ccc5nc(C)oc5c4)c[nH]c3n2)c(OC)c1.CNC(=O)c1ccc(Nc2nc(OC(C)C)c3c(-c4ccnc(NC)c4)c[nH]c3n2)c(OC)c1.CNC(=O)c1ccc(Nc2nc(OC3CCOCC3)c3c(-c4ccc(-c5nc(C)c(C)[nH]5)cc4)c[nH]c3n2)c(OC)c1. The van der Waals surface area contributed by atoms with E-state index in [0.717, 1.165) is 127 Å². The summed E-state index contributed by atoms with van der Waals surface area (Å²) < 4.78 is 46.9. The summed E-state index contributed by atoms with van der Waals surface area (Å²) in [5, 5.41) is 19.8. The molecule has 580 valence electrons. The maximum Gasteiger partial charge on any atom is 0.251 e. The van der Waals surface area contributed by atoms with E-state index < -0.39 is 0 Å². The summed E-state index contributed by atoms with van der Waals surface area (Å²) in [6.07, 6.45) is 12.7. The number of carbonyl (C=O) groups excluding carboxylic acids is 3. The lowest BCUT2D eigenvalue weighted by molar-refractivity contribution is 0.0244. The lowest BCUT2D eigenvalue weighted by Gasteiger charge is -2.26. The summed E-state index contributed by atoms with van der Waals surface area (Å²) in [5.41, 5.74) is 15.9. The van der Waals surface area contributed by atoms with E-state index in [4.69, 9.17) is 57.5 Å². The van der Waals surface area contributed by atoms with E-state index in [0.29, 0.717) is 123 Å². The van der Waals surface area contributed by atoms with Crippen molar-refractivity contribution in [1.29, 1.82) is 0 Å². The number of anilines is 5. The minimum atomic E-state index is -0.203. The Kier molecular flexibility index (Phi) is 22.7. The van der Waals surface area contributed by atoms with Crippen LogP contribution in [0.2, 0.25) is 0 Å². The van der Waals surface area contributed by atoms with Gasteiger partial charge in [-0.25, -0.2) is 19.9 Å². The Bertz CT molecular complexity index is 5800. The highest BCUT2D eigenvalue weighted by molar-refractivity contribution is 6.02. The minimum absolute atomic E-state index is 0.0263. The second kappa shape index (κ2) is 33.7. The van der Waals surface area contributed by atoms with Crippen LogP contribution in [0.1, 0.15) is 106 Å². The standard InChI is InChI=1S/C31H33N7O4.C28H27N5O4.C24H27N7O3/c1-17-18(2)35-27(34-17)20-7-5-19(6-8-20)23-16-33-28-26(23)30(42-22-11-13-41-14-12-22)38-31(37-28)36-24-10-9-21(29(39)32-3)15-25(24)40-4;1-15-31-21-10-9-16(11-23(21)36-15)20-14-30-26-25(20)28(37-19-5-4-6-19)33-24(32-26)13-17-7-8-18(27(34)29-2)12-22(17)35-3;1-13(2)34-23-20-16(14-8-9-27-19(11-14)25-3)12-28-21(20)30-24(31-23)29-17-7-6-15(22(32)26-4)10-18(17)33-5/h5-10,15-16,22H,11-14H2,1-4H3,(H,32,39)(H,34,35)(H2,33,36,37,38);7-12,14,19H,4-6,13H2,1-3H3,(H,29,34)(H,30,32,33);6-13H,1-5H3,(H,25,27)(H,26,32)(H2,28,29,30,31). The van der Waals surface area contributed by atoms with Crippen LogP contribution in [0.25, 0.3) is 89.0 Å². The number of amides is 3. The van der Waals surface area contributed by atoms with E-state index in [1.807, 2.05) is 96.7 Å². The molecule has 10 heterocycles. The Hall–Kier alpha value is -13.6. The molecule has 9 aromatic heterocycles. The molecule has 0 unspecified atom stereocenters. The van der Waals surface area contributed by atoms with Crippen LogP contribution in [0.15, 0.2) is 138 Å². The molecule has 0 bridgehead atoms. The van der Waals surface area contributed by atoms with Crippen molar-refractivity contribution in [3.63, 3.8) is 0 Å². The summed E-state index contributed by atoms with van der Waals surface area (Å²) in [6.45, 7) is 11.0. The Labute approximate surface area is 649 Å². The fourth-order valence-corrected chi connectivity index (χ4v) is 13.2. The molecule has 0 atom stereocenters. The van der Waals surface area contributed by atoms with Crippen LogP contribution in [0, 0.1) is 20.8 Å². The van der Waals surface area contributed by atoms with Gasteiger partial charge in [-0.3, -0.25) is 14.4 Å². The number of fused-ring (bicyclic) bond motifs is 4. The first-order chi connectivity index (χ1) is 54.9. The molecule has 3 amide bonds. The molecule has 0 spiro atoms. The molecule has 30 heteroatoms. The Balaban J connectivity index is 0.000000141. The predicted octanol–water partition coefficient (Wildman–Crippen LogP) is 14.2. The Morgan fingerprint density at radius 1 is 0.531 bits per heavy atom. The average molecular weight is 1530 g/mol. The quantitative estimate of drug-likeness (QED) is 0.0284. The van der Waals surface area contributed by atoms with Gasteiger partial charge < -0.3 is 89.4 Å². The lowest BCUT2D eigenvalue weighted by atomic mass is 9.96. The zero-order chi connectivity index (χ0) is 79.0. The van der Waals surface area contributed by atoms with Crippen LogP contribution < -0.4 is 60.3 Å². The molecule has 0 radical (unpaired) electrons. The van der Waals surface area contributed by atoms with Gasteiger partial charge in [-0.05, 0) is 136 Å². The Morgan fingerprint density at radius 3 is 1.58 bits per heavy atom. The third-order valence-corrected chi connectivity index (χ3v) is 19.4. The topological polar surface area (TPSA) is 380 Å². The highest BCUT2D eigenvalue weighted by atomic mass is 16.5. The fourth-order valence-electron chi connectivity index (χ4n) is 13.2. The molecule has 10 N–H and O–H groups in total. The van der Waals surface area contributed by atoms with Gasteiger partial charge in [0.25, 0.3) is 17.7 Å². The molecule has 1 aliphatic heterocycles. The van der Waals surface area contributed by atoms with Gasteiger partial charge >= 0.3 is 0 Å². The Morgan fingerprint density at radius 2 is 1.04 bits per heavy atom. The van der Waals surface area contributed by atoms with Gasteiger partial charge in [-0.15, -0.1) is 0 Å². The van der Waals surface area contributed by atoms with Gasteiger partial charge in [-0.1, -0.05) is 36.4 Å². The summed E-state index contributed by atoms with van der Waals surface area (Å²) in [6, 6.07) is 33.7. The van der Waals surface area contributed by atoms with Gasteiger partial charge in [0, 0.05) is 129 Å². The number of benzene rings is 5. The number of oxazole rings is 1. The van der Waals surface area contributed by atoms with Gasteiger partial charge in [0.05, 0.1) is 73.9 Å². The fraction of sp³-hybridized carbons (Fsp3) is 0.277. The number of nitrogens with one attached hydrogen (secondary N) is 10. The minimum Gasteiger partial charge on any atom is -0.496 e. The molecular weight excluding hydrogens is 1440 g/mol. The molecule has 1 aliphatic carbocycles. The van der Waals surface area contributed by atoms with Crippen molar-refractivity contribution < 1.29 is 52.0 Å². The molecule has 14 aromatic rings. The summed E-state index contributed by atoms with van der Waals surface area (Å²) in [7, 11) is 11.3. The first-order valence-corrected chi connectivity index (χ1v) is 37.0. The number of pyridine rings is 1. The van der Waals surface area contributed by atoms with Crippen molar-refractivity contribution in [3.8, 4) is 79.7 Å². The van der Waals surface area contributed by atoms with Crippen LogP contribution >= 0.6 is 0 Å². The maximum atomic E-state index is 12.1. The van der Waals surface area contributed by atoms with Crippen LogP contribution in [0.4, 0.5) is 29.1 Å². The number of H-pyrrole nitrogens is 4. The first kappa shape index (κ1) is 76.1. The second-order valence-corrected chi connectivity index (χ2v) is 27.2. The van der Waals surface area contributed by atoms with E-state index in [1.54, 1.807) is 90.1 Å². The van der Waals surface area contributed by atoms with E-state index in [1.165, 1.54) is 7.11 Å². The van der Waals surface area contributed by atoms with Crippen molar-refractivity contribution in [2.24, 2.45) is 0 Å². The molecule has 16 rings (SSSR count). The van der Waals surface area contributed by atoms with E-state index in [9.17, 15) is 14.4 Å². The maximum absolute atomic E-state index is 12.1. The molecule has 2 fully saturated rings. The zero-order valence-electron chi connectivity index (χ0n) is 64.6. The van der Waals surface area contributed by atoms with Gasteiger partial charge in [-0.2, -0.15) is 24.9 Å². The van der Waals surface area contributed by atoms with Crippen molar-refractivity contribution in [2.45, 2.75) is 91.5 Å². The lowest BCUT2D eigenvalue weighted by Crippen LogP contribution is -2.26. The normalized spacial score (nSPS) is 12.8. The van der Waals surface area contributed by atoms with Crippen molar-refractivity contribution >= 4 is 91.0 Å². The summed E-state index contributed by atoms with van der Waals surface area (Å²) in [4.78, 5) is 91.2. The predicted molar refractivity (Wildman–Crippen MR) is 432 cm³/mol. The largest absolute Gasteiger partial charge is 0.496 e. The van der Waals surface area contributed by atoms with Gasteiger partial charge in [0.1, 0.15) is 69.4 Å². The molecule has 1 saturated heterocycles. The van der Waals surface area contributed by atoms with Crippen molar-refractivity contribution in [2.75, 3.05) is 78.7 Å². The van der Waals surface area contributed by atoms with Crippen molar-refractivity contribution in [3.05, 3.63) is 179 Å². The van der Waals surface area contributed by atoms with Crippen LogP contribution in [-0.2, 0) is 11.2 Å². The third-order valence-electron chi connectivity index (χ3n) is 19.4. The van der Waals surface area contributed by atoms with Crippen LogP contribution in [0.5, 0.6) is 34.9 Å². The molecule has 1 saturated carbocycles. The van der Waals surface area contributed by atoms with E-state index >= 15 is 0 Å². The smallest absolute Gasteiger partial charge is 0.251 e. The van der Waals surface area contributed by atoms with E-state index in [2.05, 4.69) is 101 Å². The number of imidazole rings is 1. The summed E-state index contributed by atoms with van der Waals surface area (Å²) >= 11 is 0. The monoisotopic (exact) mass is 1530 g/mol. The number of hydrogen-bond acceptors (Lipinski definition) is 23. The average Bonchev–Trinajstić information content (AvgIpc) is 1.66. The number of hydrogen-bond donors (Lipinski definition) is 10. The number of aryl methyl sites for hydroxylation is 3. The zero-order valence-corrected chi connectivity index (χ0v) is 64.6. The van der Waals surface area contributed by atoms with Gasteiger partial charge in [0.2, 0.25) is 29.5 Å². The number of aromatic amines is 4. The number of rotatable bonds is 23. The number of nitrogens with zero attached hydrogens (tertiary/aromatic N) is 9. The second-order valence-electron chi connectivity index (χ2n) is 27.2. The van der Waals surface area contributed by atoms with E-state index in [-0.39, 0.29) is 36.0 Å². The number of carbonyl (C=O) groups is 3. The number of aromatic nitrogens is 13. The third kappa shape index (κ3) is 16.8. The molecule has 30 nitrogen and oxygen atoms in total. The van der Waals surface area contributed by atoms with Crippen LogP contribution in [0.3, 0.4) is 0 Å². The highest BCUT2D eigenvalue weighted by Gasteiger charge is 2.28. The molecular formula is C83H87N19O11.